The lowest BCUT2D eigenvalue weighted by atomic mass is 10.2. The fourth-order valence-corrected chi connectivity index (χ4v) is 5.74. The van der Waals surface area contributed by atoms with Gasteiger partial charge in [0.15, 0.2) is 15.6 Å². The molecule has 0 saturated carbocycles. The molecule has 0 bridgehead atoms. The molecule has 2 aromatic rings. The lowest BCUT2D eigenvalue weighted by Gasteiger charge is -2.37. The van der Waals surface area contributed by atoms with Crippen LogP contribution in [0.3, 0.4) is 0 Å². The smallest absolute Gasteiger partial charge is 0.410 e. The van der Waals surface area contributed by atoms with Gasteiger partial charge in [0.05, 0.1) is 5.02 Å². The third kappa shape index (κ3) is 7.08. The number of halogens is 2. The van der Waals surface area contributed by atoms with Gasteiger partial charge in [0.1, 0.15) is 23.2 Å². The van der Waals surface area contributed by atoms with Crippen molar-refractivity contribution in [3.05, 3.63) is 34.9 Å². The maximum Gasteiger partial charge on any atom is 0.410 e. The molecular formula is C20H25ClFN4O5SSi. The van der Waals surface area contributed by atoms with E-state index >= 15 is 0 Å². The van der Waals surface area contributed by atoms with Crippen LogP contribution in [0.2, 0.25) is 11.1 Å². The van der Waals surface area contributed by atoms with Gasteiger partial charge in [-0.05, 0) is 51.6 Å². The highest BCUT2D eigenvalue weighted by Crippen LogP contribution is 2.32. The normalized spacial score (nSPS) is 17.0. The van der Waals surface area contributed by atoms with E-state index in [1.54, 1.807) is 20.8 Å². The summed E-state index contributed by atoms with van der Waals surface area (Å²) in [7, 11) is -1.50. The number of carbonyl (C=O) groups excluding carboxylic acids is 2. The Bertz CT molecular complexity index is 1010. The van der Waals surface area contributed by atoms with Crippen molar-refractivity contribution in [2.75, 3.05) is 19.0 Å². The molecule has 1 aliphatic heterocycles. The number of amides is 2. The van der Waals surface area contributed by atoms with Gasteiger partial charge in [-0.25, -0.2) is 9.18 Å². The van der Waals surface area contributed by atoms with Crippen LogP contribution in [-0.4, -0.2) is 60.7 Å². The van der Waals surface area contributed by atoms with Crippen molar-refractivity contribution < 1.29 is 27.9 Å². The number of thioether (sulfide) groups is 1. The van der Waals surface area contributed by atoms with Crippen molar-refractivity contribution in [3.63, 3.8) is 0 Å². The number of aromatic nitrogens is 2. The van der Waals surface area contributed by atoms with E-state index in [1.165, 1.54) is 28.8 Å². The molecule has 1 N–H and O–H groups in total. The predicted molar refractivity (Wildman–Crippen MR) is 122 cm³/mol. The number of hydrogen-bond donors (Lipinski definition) is 1. The van der Waals surface area contributed by atoms with Crippen molar-refractivity contribution in [2.24, 2.45) is 0 Å². The minimum atomic E-state index is -1.50. The first-order valence-electron chi connectivity index (χ1n) is 10.1. The van der Waals surface area contributed by atoms with Crippen molar-refractivity contribution in [1.29, 1.82) is 0 Å². The minimum Gasteiger partial charge on any atom is -0.484 e. The summed E-state index contributed by atoms with van der Waals surface area (Å²) in [5.41, 5.74) is -0.684. The molecule has 9 nitrogen and oxygen atoms in total. The molecule has 1 atom stereocenters. The number of nitrogens with one attached hydrogen (secondary N) is 1. The Morgan fingerprint density at radius 3 is 2.79 bits per heavy atom. The van der Waals surface area contributed by atoms with Crippen LogP contribution in [0.1, 0.15) is 39.1 Å². The quantitative estimate of drug-likeness (QED) is 0.454. The van der Waals surface area contributed by atoms with Gasteiger partial charge in [-0.1, -0.05) is 23.4 Å². The molecule has 179 valence electrons. The van der Waals surface area contributed by atoms with Gasteiger partial charge >= 0.3 is 6.09 Å². The van der Waals surface area contributed by atoms with E-state index in [1.807, 2.05) is 6.26 Å². The molecule has 1 fully saturated rings. The number of rotatable bonds is 6. The lowest BCUT2D eigenvalue weighted by molar-refractivity contribution is -0.121. The highest BCUT2D eigenvalue weighted by Gasteiger charge is 2.39. The summed E-state index contributed by atoms with van der Waals surface area (Å²) in [6, 6.07) is 4.19. The van der Waals surface area contributed by atoms with Crippen LogP contribution in [0.4, 0.5) is 9.18 Å². The molecule has 2 amide bonds. The van der Waals surface area contributed by atoms with E-state index in [4.69, 9.17) is 25.5 Å². The first-order chi connectivity index (χ1) is 15.6. The molecule has 13 heteroatoms. The predicted octanol–water partition coefficient (Wildman–Crippen LogP) is 3.99. The Morgan fingerprint density at radius 2 is 2.15 bits per heavy atom. The van der Waals surface area contributed by atoms with Crippen LogP contribution in [-0.2, 0) is 9.53 Å². The fourth-order valence-electron chi connectivity index (χ4n) is 3.12. The first-order valence-corrected chi connectivity index (χ1v) is 13.7. The van der Waals surface area contributed by atoms with Crippen molar-refractivity contribution in [2.45, 2.75) is 50.1 Å². The topological polar surface area (TPSA) is 107 Å². The van der Waals surface area contributed by atoms with Gasteiger partial charge in [0.25, 0.3) is 5.22 Å². The monoisotopic (exact) mass is 515 g/mol. The van der Waals surface area contributed by atoms with E-state index in [2.05, 4.69) is 15.2 Å². The first kappa shape index (κ1) is 25.3. The third-order valence-corrected chi connectivity index (χ3v) is 7.61. The second kappa shape index (κ2) is 10.7. The summed E-state index contributed by atoms with van der Waals surface area (Å²) in [5, 5.41) is 8.43. The molecule has 1 aromatic heterocycles. The molecule has 1 saturated heterocycles. The summed E-state index contributed by atoms with van der Waals surface area (Å²) in [6.07, 6.45) is 2.14. The van der Waals surface area contributed by atoms with Crippen LogP contribution < -0.4 is 9.72 Å². The van der Waals surface area contributed by atoms with Crippen LogP contribution in [0.25, 0.3) is 0 Å². The van der Waals surface area contributed by atoms with E-state index in [9.17, 15) is 14.0 Å². The SMILES string of the molecule is CSc1nnc([C@H]2CC[Si](NC(=O)COc3ccc(Cl)c(F)c3)CN2C(=O)OC(C)(C)C)o1. The molecule has 1 aliphatic rings. The summed E-state index contributed by atoms with van der Waals surface area (Å²) in [6.45, 7) is 5.07. The zero-order valence-electron chi connectivity index (χ0n) is 18.7. The average Bonchev–Trinajstić information content (AvgIpc) is 3.22. The van der Waals surface area contributed by atoms with Crippen LogP contribution in [0.15, 0.2) is 27.8 Å². The van der Waals surface area contributed by atoms with Crippen LogP contribution in [0.5, 0.6) is 5.75 Å². The summed E-state index contributed by atoms with van der Waals surface area (Å²) in [5.74, 6) is -0.447. The van der Waals surface area contributed by atoms with Gasteiger partial charge in [-0.2, -0.15) is 0 Å². The van der Waals surface area contributed by atoms with Crippen molar-refractivity contribution >= 4 is 44.3 Å². The number of ether oxygens (including phenoxy) is 2. The second-order valence-electron chi connectivity index (χ2n) is 8.29. The molecule has 1 radical (unpaired) electrons. The number of hydrogen-bond acceptors (Lipinski definition) is 8. The summed E-state index contributed by atoms with van der Waals surface area (Å²) < 4.78 is 30.1. The summed E-state index contributed by atoms with van der Waals surface area (Å²) >= 11 is 6.97. The zero-order valence-corrected chi connectivity index (χ0v) is 21.3. The average molecular weight is 516 g/mol. The van der Waals surface area contributed by atoms with Gasteiger partial charge in [0, 0.05) is 12.2 Å². The van der Waals surface area contributed by atoms with Gasteiger partial charge in [-0.15, -0.1) is 10.2 Å². The fraction of sp³-hybridized carbons (Fsp3) is 0.500. The van der Waals surface area contributed by atoms with E-state index in [0.29, 0.717) is 29.7 Å². The second-order valence-corrected chi connectivity index (χ2v) is 11.7. The molecule has 2 heterocycles. The lowest BCUT2D eigenvalue weighted by Crippen LogP contribution is -2.55. The van der Waals surface area contributed by atoms with Crippen LogP contribution in [0, 0.1) is 5.82 Å². The Morgan fingerprint density at radius 1 is 1.39 bits per heavy atom. The Balaban J connectivity index is 1.64. The largest absolute Gasteiger partial charge is 0.484 e. The Labute approximate surface area is 202 Å². The molecule has 0 aliphatic carbocycles. The molecule has 1 aromatic carbocycles. The molecular weight excluding hydrogens is 491 g/mol. The highest BCUT2D eigenvalue weighted by atomic mass is 35.5. The van der Waals surface area contributed by atoms with Crippen LogP contribution >= 0.6 is 23.4 Å². The maximum absolute atomic E-state index is 13.5. The van der Waals surface area contributed by atoms with Crippen molar-refractivity contribution in [3.8, 4) is 5.75 Å². The van der Waals surface area contributed by atoms with E-state index in [0.717, 1.165) is 6.07 Å². The van der Waals surface area contributed by atoms with E-state index in [-0.39, 0.29) is 23.3 Å². The van der Waals surface area contributed by atoms with E-state index < -0.39 is 32.5 Å². The standard InChI is InChI=1S/C20H25ClFN4O5SSi/c1-20(2,3)31-19(28)26-11-33(8-7-15(26)17-23-24-18(30-17)32-4)25-16(27)10-29-12-5-6-13(21)14(22)9-12/h5-6,9,15H,7-8,10-11H2,1-4H3,(H,25,27)/t15-/m1/s1. The number of nitrogens with zero attached hydrogens (tertiary/aromatic N) is 3. The molecule has 33 heavy (non-hydrogen) atoms. The van der Waals surface area contributed by atoms with Crippen molar-refractivity contribution in [1.82, 2.24) is 20.1 Å². The number of carbonyl (C=O) groups is 2. The zero-order chi connectivity index (χ0) is 24.2. The Hall–Kier alpha value is -2.31. The third-order valence-electron chi connectivity index (χ3n) is 4.54. The number of benzene rings is 1. The highest BCUT2D eigenvalue weighted by molar-refractivity contribution is 7.98. The van der Waals surface area contributed by atoms with Gasteiger partial charge < -0.3 is 18.9 Å². The molecule has 0 spiro atoms. The minimum absolute atomic E-state index is 0.0258. The molecule has 3 rings (SSSR count). The van der Waals surface area contributed by atoms with Gasteiger partial charge in [-0.3, -0.25) is 9.69 Å². The molecule has 0 unspecified atom stereocenters. The Kier molecular flexibility index (Phi) is 8.24. The maximum atomic E-state index is 13.5. The van der Waals surface area contributed by atoms with Gasteiger partial charge in [0.2, 0.25) is 11.8 Å². The summed E-state index contributed by atoms with van der Waals surface area (Å²) in [4.78, 5) is 29.8.